The Bertz CT molecular complexity index is 807. The molecule has 1 aliphatic heterocycles. The van der Waals surface area contributed by atoms with E-state index in [0.717, 1.165) is 27.6 Å². The molecule has 0 fully saturated rings. The quantitative estimate of drug-likeness (QED) is 0.700. The highest BCUT2D eigenvalue weighted by molar-refractivity contribution is 8.14. The third-order valence-electron chi connectivity index (χ3n) is 4.22. The van der Waals surface area contributed by atoms with Gasteiger partial charge in [0.1, 0.15) is 5.92 Å². The summed E-state index contributed by atoms with van der Waals surface area (Å²) in [7, 11) is 0. The van der Waals surface area contributed by atoms with Gasteiger partial charge in [-0.1, -0.05) is 41.5 Å². The number of rotatable bonds is 4. The lowest BCUT2D eigenvalue weighted by atomic mass is 9.77. The molecule has 3 nitrogen and oxygen atoms in total. The Hall–Kier alpha value is -2.12. The van der Waals surface area contributed by atoms with Crippen LogP contribution in [0.2, 0.25) is 0 Å². The number of carbonyl (C=O) groups excluding carboxylic acids is 1. The van der Waals surface area contributed by atoms with Crippen molar-refractivity contribution in [2.75, 3.05) is 5.75 Å². The van der Waals surface area contributed by atoms with Gasteiger partial charge in [-0.05, 0) is 40.2 Å². The molecule has 0 amide bonds. The fraction of sp³-hybridized carbons (Fsp3) is 0.381. The van der Waals surface area contributed by atoms with Gasteiger partial charge in [-0.15, -0.1) is 11.8 Å². The minimum absolute atomic E-state index is 0.0126. The number of hydrogen-bond donors (Lipinski definition) is 0. The second-order valence-corrected chi connectivity index (χ2v) is 7.64. The lowest BCUT2D eigenvalue weighted by Crippen LogP contribution is -2.28. The molecule has 0 saturated carbocycles. The van der Waals surface area contributed by atoms with E-state index in [1.165, 1.54) is 5.57 Å². The Kier molecular flexibility index (Phi) is 6.39. The molecule has 0 bridgehead atoms. The first kappa shape index (κ1) is 19.2. The number of nitriles is 1. The molecule has 4 heteroatoms. The van der Waals surface area contributed by atoms with Gasteiger partial charge in [0.15, 0.2) is 5.78 Å². The molecule has 0 spiro atoms. The van der Waals surface area contributed by atoms with Crippen LogP contribution in [-0.4, -0.2) is 16.6 Å². The molecule has 1 heterocycles. The van der Waals surface area contributed by atoms with E-state index in [1.54, 1.807) is 18.7 Å². The van der Waals surface area contributed by atoms with Crippen LogP contribution in [-0.2, 0) is 4.79 Å². The number of allylic oxidation sites excluding steroid dienone is 3. The number of aryl methyl sites for hydroxylation is 1. The summed E-state index contributed by atoms with van der Waals surface area (Å²) < 4.78 is 0. The summed E-state index contributed by atoms with van der Waals surface area (Å²) in [6.45, 7) is 9.57. The second kappa shape index (κ2) is 8.31. The molecule has 0 N–H and O–H groups in total. The van der Waals surface area contributed by atoms with Crippen LogP contribution in [0, 0.1) is 24.2 Å². The van der Waals surface area contributed by atoms with Crippen molar-refractivity contribution in [1.29, 1.82) is 5.26 Å². The Balaban J connectivity index is 2.52. The zero-order valence-electron chi connectivity index (χ0n) is 15.5. The van der Waals surface area contributed by atoms with E-state index in [1.807, 2.05) is 32.0 Å². The Morgan fingerprint density at radius 2 is 2.04 bits per heavy atom. The molecule has 0 aromatic heterocycles. The Labute approximate surface area is 154 Å². The highest BCUT2D eigenvalue weighted by atomic mass is 32.2. The second-order valence-electron chi connectivity index (χ2n) is 6.60. The predicted octanol–water partition coefficient (Wildman–Crippen LogP) is 5.19. The number of nitrogens with zero attached hydrogens (tertiary/aromatic N) is 2. The average Bonchev–Trinajstić information content (AvgIpc) is 2.53. The van der Waals surface area contributed by atoms with Crippen molar-refractivity contribution in [3.8, 4) is 6.07 Å². The average molecular weight is 353 g/mol. The van der Waals surface area contributed by atoms with E-state index in [-0.39, 0.29) is 11.7 Å². The van der Waals surface area contributed by atoms with Crippen LogP contribution >= 0.6 is 11.8 Å². The maximum Gasteiger partial charge on any atom is 0.158 e. The van der Waals surface area contributed by atoms with E-state index < -0.39 is 5.92 Å². The summed E-state index contributed by atoms with van der Waals surface area (Å²) in [5, 5.41) is 10.7. The van der Waals surface area contributed by atoms with E-state index in [0.29, 0.717) is 5.57 Å². The highest BCUT2D eigenvalue weighted by Crippen LogP contribution is 2.41. The molecule has 1 unspecified atom stereocenters. The number of Topliss-reactive ketones (excluding diaryl/α,β-unsaturated/α-hetero) is 1. The van der Waals surface area contributed by atoms with Crippen LogP contribution in [0.5, 0.6) is 0 Å². The van der Waals surface area contributed by atoms with Gasteiger partial charge in [0.25, 0.3) is 0 Å². The van der Waals surface area contributed by atoms with Crippen molar-refractivity contribution in [1.82, 2.24) is 0 Å². The summed E-state index contributed by atoms with van der Waals surface area (Å²) in [4.78, 5) is 16.9. The monoisotopic (exact) mass is 352 g/mol. The minimum Gasteiger partial charge on any atom is -0.295 e. The van der Waals surface area contributed by atoms with Crippen LogP contribution in [0.1, 0.15) is 44.7 Å². The van der Waals surface area contributed by atoms with Gasteiger partial charge < -0.3 is 0 Å². The maximum absolute atomic E-state index is 12.3. The number of carbonyl (C=O) groups is 1. The lowest BCUT2D eigenvalue weighted by molar-refractivity contribution is -0.114. The normalized spacial score (nSPS) is 19.9. The Morgan fingerprint density at radius 1 is 1.32 bits per heavy atom. The molecule has 0 aliphatic carbocycles. The number of benzene rings is 1. The molecule has 0 saturated heterocycles. The van der Waals surface area contributed by atoms with Gasteiger partial charge in [-0.25, -0.2) is 4.99 Å². The van der Waals surface area contributed by atoms with Crippen molar-refractivity contribution in [3.63, 3.8) is 0 Å². The minimum atomic E-state index is -0.431. The van der Waals surface area contributed by atoms with Crippen LogP contribution in [0.25, 0.3) is 0 Å². The van der Waals surface area contributed by atoms with E-state index in [4.69, 9.17) is 0 Å². The molecule has 2 rings (SSSR count). The van der Waals surface area contributed by atoms with Gasteiger partial charge >= 0.3 is 0 Å². The standard InChI is InChI=1S/C21H24N2OS/c1-13(2)9-10-25-21-18(12-22)20(17-8-6-7-14(3)11-17)19(16(5)24)15(4)23-21/h6-9,11,18,20H,10H2,1-5H3/t18?,20-/m0/s1. The molecular formula is C21H24N2OS. The first-order chi connectivity index (χ1) is 11.8. The first-order valence-corrected chi connectivity index (χ1v) is 9.36. The number of thioether (sulfide) groups is 1. The molecule has 2 atom stereocenters. The highest BCUT2D eigenvalue weighted by Gasteiger charge is 2.37. The van der Waals surface area contributed by atoms with Gasteiger partial charge in [0, 0.05) is 22.9 Å². The SMILES string of the molecule is CC(=O)C1=C(C)N=C(SCC=C(C)C)C(C#N)[C@@H]1c1cccc(C)c1. The molecule has 1 aromatic carbocycles. The zero-order chi connectivity index (χ0) is 18.6. The third kappa shape index (κ3) is 4.49. The lowest BCUT2D eigenvalue weighted by Gasteiger charge is -2.30. The fourth-order valence-corrected chi connectivity index (χ4v) is 4.23. The summed E-state index contributed by atoms with van der Waals surface area (Å²) >= 11 is 1.58. The predicted molar refractivity (Wildman–Crippen MR) is 106 cm³/mol. The maximum atomic E-state index is 12.3. The summed E-state index contributed by atoms with van der Waals surface area (Å²) in [6.07, 6.45) is 2.13. The molecule has 1 aromatic rings. The topological polar surface area (TPSA) is 53.2 Å². The third-order valence-corrected chi connectivity index (χ3v) is 5.19. The first-order valence-electron chi connectivity index (χ1n) is 8.37. The van der Waals surface area contributed by atoms with Crippen molar-refractivity contribution in [2.24, 2.45) is 10.9 Å². The molecule has 130 valence electrons. The van der Waals surface area contributed by atoms with Gasteiger partial charge in [0.2, 0.25) is 0 Å². The van der Waals surface area contributed by atoms with Gasteiger partial charge in [0.05, 0.1) is 11.1 Å². The van der Waals surface area contributed by atoms with E-state index in [2.05, 4.69) is 37.1 Å². The molecule has 0 radical (unpaired) electrons. The van der Waals surface area contributed by atoms with Crippen LogP contribution < -0.4 is 0 Å². The molecule has 25 heavy (non-hydrogen) atoms. The zero-order valence-corrected chi connectivity index (χ0v) is 16.3. The fourth-order valence-electron chi connectivity index (χ4n) is 3.07. The van der Waals surface area contributed by atoms with Crippen molar-refractivity contribution < 1.29 is 4.79 Å². The number of ketones is 1. The van der Waals surface area contributed by atoms with Gasteiger partial charge in [-0.2, -0.15) is 5.26 Å². The molecular weight excluding hydrogens is 328 g/mol. The van der Waals surface area contributed by atoms with Gasteiger partial charge in [-0.3, -0.25) is 4.79 Å². The van der Waals surface area contributed by atoms with Crippen molar-refractivity contribution >= 4 is 22.6 Å². The van der Waals surface area contributed by atoms with Crippen LogP contribution in [0.4, 0.5) is 0 Å². The van der Waals surface area contributed by atoms with Crippen LogP contribution in [0.3, 0.4) is 0 Å². The van der Waals surface area contributed by atoms with Crippen molar-refractivity contribution in [2.45, 2.75) is 40.5 Å². The summed E-state index contributed by atoms with van der Waals surface area (Å²) in [5.41, 5.74) is 4.75. The number of aliphatic imine (C=N–C) groups is 1. The Morgan fingerprint density at radius 3 is 2.60 bits per heavy atom. The summed E-state index contributed by atoms with van der Waals surface area (Å²) in [5.74, 6) is 0.0816. The van der Waals surface area contributed by atoms with E-state index in [9.17, 15) is 10.1 Å². The smallest absolute Gasteiger partial charge is 0.158 e. The largest absolute Gasteiger partial charge is 0.295 e. The number of hydrogen-bond acceptors (Lipinski definition) is 4. The van der Waals surface area contributed by atoms with E-state index >= 15 is 0 Å². The van der Waals surface area contributed by atoms with Crippen molar-refractivity contribution in [3.05, 3.63) is 58.3 Å². The molecule has 1 aliphatic rings. The summed E-state index contributed by atoms with van der Waals surface area (Å²) in [6, 6.07) is 10.5. The van der Waals surface area contributed by atoms with Crippen LogP contribution in [0.15, 0.2) is 52.2 Å².